The van der Waals surface area contributed by atoms with Crippen LogP contribution in [0, 0.1) is 10.4 Å². The van der Waals surface area contributed by atoms with E-state index in [9.17, 15) is 15.2 Å². The van der Waals surface area contributed by atoms with Gasteiger partial charge in [0.15, 0.2) is 0 Å². The molecule has 0 aliphatic carbocycles. The summed E-state index contributed by atoms with van der Waals surface area (Å²) < 4.78 is 0. The Bertz CT molecular complexity index is 284. The zero-order valence-electron chi connectivity index (χ0n) is 10.2. The molecule has 0 unspecified atom stereocenters. The molecule has 0 aromatic carbocycles. The van der Waals surface area contributed by atoms with Crippen LogP contribution in [0.3, 0.4) is 0 Å². The molecule has 0 spiro atoms. The molecule has 1 saturated heterocycles. The van der Waals surface area contributed by atoms with Gasteiger partial charge < -0.3 is 20.2 Å². The summed E-state index contributed by atoms with van der Waals surface area (Å²) in [6.07, 6.45) is 0. The molecule has 0 bridgehead atoms. The van der Waals surface area contributed by atoms with E-state index in [1.807, 2.05) is 13.8 Å². The summed E-state index contributed by atoms with van der Waals surface area (Å²) in [7, 11) is 0. The molecule has 1 aliphatic rings. The Morgan fingerprint density at radius 1 is 1.29 bits per heavy atom. The van der Waals surface area contributed by atoms with Gasteiger partial charge in [0.25, 0.3) is 0 Å². The SMILES string of the molecule is CCN(CC)C(=O)N1CCN(/[N+]([O-])=N/[O-])CC1. The van der Waals surface area contributed by atoms with Crippen LogP contribution in [-0.2, 0) is 0 Å². The summed E-state index contributed by atoms with van der Waals surface area (Å²) in [5.41, 5.74) is 0. The first kappa shape index (κ1) is 13.3. The van der Waals surface area contributed by atoms with Crippen LogP contribution in [0.2, 0.25) is 0 Å². The smallest absolute Gasteiger partial charge is 0.320 e. The molecule has 0 aromatic heterocycles. The Hall–Kier alpha value is -1.73. The number of piperazine rings is 1. The Balaban J connectivity index is 2.49. The van der Waals surface area contributed by atoms with E-state index in [1.165, 1.54) is 5.01 Å². The van der Waals surface area contributed by atoms with E-state index >= 15 is 0 Å². The number of carbonyl (C=O) groups is 1. The van der Waals surface area contributed by atoms with Crippen LogP contribution in [0.15, 0.2) is 5.28 Å². The van der Waals surface area contributed by atoms with Crippen LogP contribution in [0.25, 0.3) is 0 Å². The highest BCUT2D eigenvalue weighted by molar-refractivity contribution is 5.74. The predicted octanol–water partition coefficient (Wildman–Crippen LogP) is 0.441. The molecule has 98 valence electrons. The topological polar surface area (TPSA) is 88.3 Å². The summed E-state index contributed by atoms with van der Waals surface area (Å²) in [6, 6.07) is -0.0221. The van der Waals surface area contributed by atoms with Crippen molar-refractivity contribution >= 4 is 6.03 Å². The highest BCUT2D eigenvalue weighted by Crippen LogP contribution is 2.06. The van der Waals surface area contributed by atoms with Gasteiger partial charge in [0.1, 0.15) is 0 Å². The van der Waals surface area contributed by atoms with Crippen molar-refractivity contribution in [2.75, 3.05) is 39.3 Å². The molecule has 0 N–H and O–H groups in total. The number of amides is 2. The lowest BCUT2D eigenvalue weighted by atomic mass is 10.3. The second kappa shape index (κ2) is 6.12. The molecule has 0 radical (unpaired) electrons. The number of urea groups is 1. The van der Waals surface area contributed by atoms with Crippen LogP contribution in [0.5, 0.6) is 0 Å². The first-order valence-electron chi connectivity index (χ1n) is 5.73. The third kappa shape index (κ3) is 3.11. The lowest BCUT2D eigenvalue weighted by Crippen LogP contribution is -2.54. The van der Waals surface area contributed by atoms with Gasteiger partial charge in [-0.3, -0.25) is 0 Å². The van der Waals surface area contributed by atoms with Crippen LogP contribution in [-0.4, -0.2) is 65.1 Å². The van der Waals surface area contributed by atoms with Crippen LogP contribution in [0.4, 0.5) is 4.79 Å². The Morgan fingerprint density at radius 2 is 1.82 bits per heavy atom. The van der Waals surface area contributed by atoms with Gasteiger partial charge in [0.2, 0.25) is 0 Å². The fourth-order valence-corrected chi connectivity index (χ4v) is 1.80. The zero-order valence-corrected chi connectivity index (χ0v) is 10.2. The molecule has 8 nitrogen and oxygen atoms in total. The van der Waals surface area contributed by atoms with Crippen LogP contribution in [0.1, 0.15) is 13.8 Å². The van der Waals surface area contributed by atoms with Gasteiger partial charge in [-0.05, 0) is 19.1 Å². The molecule has 1 fully saturated rings. The normalized spacial score (nSPS) is 17.2. The van der Waals surface area contributed by atoms with Gasteiger partial charge in [0.05, 0.1) is 13.1 Å². The molecule has 0 atom stereocenters. The van der Waals surface area contributed by atoms with Crippen molar-refractivity contribution < 1.29 is 9.76 Å². The maximum absolute atomic E-state index is 12.0. The minimum atomic E-state index is -0.0221. The molecule has 2 amide bonds. The summed E-state index contributed by atoms with van der Waals surface area (Å²) in [5.74, 6) is 0. The maximum atomic E-state index is 12.0. The van der Waals surface area contributed by atoms with E-state index in [1.54, 1.807) is 9.80 Å². The first-order valence-corrected chi connectivity index (χ1v) is 5.73. The lowest BCUT2D eigenvalue weighted by Gasteiger charge is -2.34. The molecule has 0 aromatic rings. The quantitative estimate of drug-likeness (QED) is 0.409. The molecular weight excluding hydrogens is 226 g/mol. The van der Waals surface area contributed by atoms with Crippen molar-refractivity contribution in [1.29, 1.82) is 0 Å². The van der Waals surface area contributed by atoms with Crippen LogP contribution >= 0.6 is 0 Å². The highest BCUT2D eigenvalue weighted by Gasteiger charge is 2.26. The second-order valence-corrected chi connectivity index (χ2v) is 3.73. The largest absolute Gasteiger partial charge is 0.737 e. The second-order valence-electron chi connectivity index (χ2n) is 3.73. The van der Waals surface area contributed by atoms with E-state index in [-0.39, 0.29) is 11.0 Å². The van der Waals surface area contributed by atoms with Gasteiger partial charge in [-0.1, -0.05) is 0 Å². The predicted molar refractivity (Wildman–Crippen MR) is 60.9 cm³/mol. The van der Waals surface area contributed by atoms with Gasteiger partial charge in [-0.2, -0.15) is 0 Å². The van der Waals surface area contributed by atoms with Crippen molar-refractivity contribution in [2.24, 2.45) is 5.28 Å². The van der Waals surface area contributed by atoms with E-state index in [2.05, 4.69) is 5.28 Å². The summed E-state index contributed by atoms with van der Waals surface area (Å²) in [4.78, 5) is 15.4. The lowest BCUT2D eigenvalue weighted by molar-refractivity contribution is -0.692. The standard InChI is InChI=1S/C9H19N5O3/c1-3-11(4-2)9(15)12-5-7-13(8-6-12)14(17)10-16/h16H,3-8H2,1-2H3/p-1/b14-10-. The monoisotopic (exact) mass is 244 g/mol. The number of hydrogen-bond acceptors (Lipinski definition) is 4. The van der Waals surface area contributed by atoms with Crippen molar-refractivity contribution in [1.82, 2.24) is 14.8 Å². The summed E-state index contributed by atoms with van der Waals surface area (Å²) in [5, 5.41) is 24.6. The van der Waals surface area contributed by atoms with Gasteiger partial charge in [0, 0.05) is 31.1 Å². The molecule has 17 heavy (non-hydrogen) atoms. The molecule has 1 aliphatic heterocycles. The Kier molecular flexibility index (Phi) is 4.80. The molecular formula is C9H18N5O3-. The van der Waals surface area contributed by atoms with E-state index in [0.717, 1.165) is 0 Å². The molecule has 1 rings (SSSR count). The number of hydrogen-bond donors (Lipinski definition) is 0. The van der Waals surface area contributed by atoms with Crippen molar-refractivity contribution in [2.45, 2.75) is 13.8 Å². The van der Waals surface area contributed by atoms with Crippen molar-refractivity contribution in [3.05, 3.63) is 10.4 Å². The minimum absolute atomic E-state index is 0.0221. The Morgan fingerprint density at radius 3 is 2.24 bits per heavy atom. The number of carbonyl (C=O) groups excluding carboxylic acids is 1. The van der Waals surface area contributed by atoms with Crippen LogP contribution < -0.4 is 0 Å². The van der Waals surface area contributed by atoms with Gasteiger partial charge in [-0.25, -0.2) is 4.79 Å². The summed E-state index contributed by atoms with van der Waals surface area (Å²) in [6.45, 7) is 6.72. The zero-order chi connectivity index (χ0) is 12.8. The average Bonchev–Trinajstić information content (AvgIpc) is 2.39. The third-order valence-corrected chi connectivity index (χ3v) is 2.87. The van der Waals surface area contributed by atoms with Crippen molar-refractivity contribution in [3.63, 3.8) is 0 Å². The Labute approximate surface area is 100 Å². The van der Waals surface area contributed by atoms with E-state index in [4.69, 9.17) is 0 Å². The summed E-state index contributed by atoms with van der Waals surface area (Å²) >= 11 is 0. The first-order chi connectivity index (χ1) is 8.13. The highest BCUT2D eigenvalue weighted by atomic mass is 16.6. The van der Waals surface area contributed by atoms with Gasteiger partial charge >= 0.3 is 6.03 Å². The average molecular weight is 244 g/mol. The maximum Gasteiger partial charge on any atom is 0.320 e. The fraction of sp³-hybridized carbons (Fsp3) is 0.889. The third-order valence-electron chi connectivity index (χ3n) is 2.87. The van der Waals surface area contributed by atoms with E-state index in [0.29, 0.717) is 39.3 Å². The molecule has 8 heteroatoms. The van der Waals surface area contributed by atoms with Gasteiger partial charge in [-0.15, -0.1) is 5.01 Å². The number of rotatable bonds is 3. The minimum Gasteiger partial charge on any atom is -0.737 e. The number of hydrazine groups is 1. The van der Waals surface area contributed by atoms with E-state index < -0.39 is 0 Å². The fourth-order valence-electron chi connectivity index (χ4n) is 1.80. The molecule has 1 heterocycles. The molecule has 0 saturated carbocycles. The number of nitrogens with zero attached hydrogens (tertiary/aromatic N) is 5. The van der Waals surface area contributed by atoms with Crippen molar-refractivity contribution in [3.8, 4) is 0 Å².